The van der Waals surface area contributed by atoms with E-state index < -0.39 is 0 Å². The van der Waals surface area contributed by atoms with Gasteiger partial charge in [0.25, 0.3) is 5.91 Å². The Hall–Kier alpha value is -0.650. The number of rotatable bonds is 1. The third-order valence-corrected chi connectivity index (χ3v) is 4.31. The summed E-state index contributed by atoms with van der Waals surface area (Å²) in [5, 5.41) is 0. The van der Waals surface area contributed by atoms with E-state index in [4.69, 9.17) is 9.47 Å². The fourth-order valence-electron chi connectivity index (χ4n) is 3.31. The molecule has 3 aliphatic heterocycles. The quantitative estimate of drug-likeness (QED) is 0.665. The van der Waals surface area contributed by atoms with Crippen LogP contribution in [0.1, 0.15) is 19.8 Å². The maximum absolute atomic E-state index is 12.5. The van der Waals surface area contributed by atoms with Crippen LogP contribution >= 0.6 is 0 Å². The van der Waals surface area contributed by atoms with Gasteiger partial charge in [0, 0.05) is 25.2 Å². The highest BCUT2D eigenvalue weighted by molar-refractivity contribution is 5.81. The number of amides is 1. The number of carbonyl (C=O) groups excluding carboxylic acids is 1. The summed E-state index contributed by atoms with van der Waals surface area (Å²) in [4.78, 5) is 17.0. The Bertz CT molecular complexity index is 317. The van der Waals surface area contributed by atoms with Crippen molar-refractivity contribution in [2.75, 3.05) is 39.5 Å². The number of piperazine rings is 1. The molecule has 0 aliphatic carbocycles. The van der Waals surface area contributed by atoms with Crippen LogP contribution in [-0.2, 0) is 14.3 Å². The van der Waals surface area contributed by atoms with Crippen LogP contribution in [0.3, 0.4) is 0 Å². The van der Waals surface area contributed by atoms with Crippen molar-refractivity contribution in [3.05, 3.63) is 0 Å². The van der Waals surface area contributed by atoms with Gasteiger partial charge in [-0.15, -0.1) is 0 Å². The van der Waals surface area contributed by atoms with Crippen molar-refractivity contribution >= 4 is 5.91 Å². The molecule has 0 bridgehead atoms. The van der Waals surface area contributed by atoms with Crippen LogP contribution in [0.2, 0.25) is 0 Å². The smallest absolute Gasteiger partial charge is 0.254 e. The average molecular weight is 254 g/mol. The molecule has 0 N–H and O–H groups in total. The Kier molecular flexibility index (Phi) is 3.54. The summed E-state index contributed by atoms with van der Waals surface area (Å²) in [5.74, 6) is 0.119. The van der Waals surface area contributed by atoms with Crippen molar-refractivity contribution in [1.82, 2.24) is 9.80 Å². The van der Waals surface area contributed by atoms with Gasteiger partial charge in [0.1, 0.15) is 0 Å². The molecule has 3 aliphatic rings. The van der Waals surface area contributed by atoms with Gasteiger partial charge >= 0.3 is 0 Å². The standard InChI is InChI=1S/C13H22N2O3/c1-10-7-14-4-2-3-11(14)8-15(10)13(16)12-9-17-5-6-18-12/h10-12H,2-9H2,1H3/t10-,11+,12-/m1/s1. The zero-order valence-electron chi connectivity index (χ0n) is 11.0. The second-order valence-corrected chi connectivity index (χ2v) is 5.56. The van der Waals surface area contributed by atoms with Crippen molar-refractivity contribution < 1.29 is 14.3 Å². The van der Waals surface area contributed by atoms with Gasteiger partial charge in [-0.2, -0.15) is 0 Å². The highest BCUT2D eigenvalue weighted by atomic mass is 16.6. The predicted octanol–water partition coefficient (Wildman–Crippen LogP) is 0.0969. The molecule has 3 saturated heterocycles. The number of hydrogen-bond acceptors (Lipinski definition) is 4. The van der Waals surface area contributed by atoms with Crippen LogP contribution in [0.5, 0.6) is 0 Å². The lowest BCUT2D eigenvalue weighted by Gasteiger charge is -2.43. The summed E-state index contributed by atoms with van der Waals surface area (Å²) in [7, 11) is 0. The minimum atomic E-state index is -0.380. The first-order valence-corrected chi connectivity index (χ1v) is 6.99. The Morgan fingerprint density at radius 1 is 1.28 bits per heavy atom. The van der Waals surface area contributed by atoms with Crippen molar-refractivity contribution in [2.45, 2.75) is 38.0 Å². The minimum Gasteiger partial charge on any atom is -0.376 e. The van der Waals surface area contributed by atoms with E-state index in [1.54, 1.807) is 0 Å². The third kappa shape index (κ3) is 2.27. The summed E-state index contributed by atoms with van der Waals surface area (Å²) in [6, 6.07) is 0.854. The first-order chi connectivity index (χ1) is 8.75. The molecule has 1 amide bonds. The fourth-order valence-corrected chi connectivity index (χ4v) is 3.31. The Balaban J connectivity index is 1.65. The highest BCUT2D eigenvalue weighted by Crippen LogP contribution is 2.25. The van der Waals surface area contributed by atoms with Crippen molar-refractivity contribution in [3.8, 4) is 0 Å². The van der Waals surface area contributed by atoms with Crippen LogP contribution in [0.4, 0.5) is 0 Å². The van der Waals surface area contributed by atoms with Crippen LogP contribution in [0.15, 0.2) is 0 Å². The van der Waals surface area contributed by atoms with E-state index in [0.717, 1.165) is 13.1 Å². The molecule has 0 aromatic carbocycles. The highest BCUT2D eigenvalue weighted by Gasteiger charge is 2.39. The number of carbonyl (C=O) groups is 1. The molecule has 3 atom stereocenters. The Morgan fingerprint density at radius 3 is 2.94 bits per heavy atom. The molecule has 0 saturated carbocycles. The second kappa shape index (κ2) is 5.15. The molecule has 3 heterocycles. The van der Waals surface area contributed by atoms with Crippen LogP contribution in [-0.4, -0.2) is 73.3 Å². The molecular weight excluding hydrogens is 232 g/mol. The molecule has 0 unspecified atom stereocenters. The van der Waals surface area contributed by atoms with E-state index in [1.165, 1.54) is 19.4 Å². The number of hydrogen-bond donors (Lipinski definition) is 0. The summed E-state index contributed by atoms with van der Waals surface area (Å²) in [6.45, 7) is 6.75. The summed E-state index contributed by atoms with van der Waals surface area (Å²) < 4.78 is 10.9. The fraction of sp³-hybridized carbons (Fsp3) is 0.923. The topological polar surface area (TPSA) is 42.0 Å². The maximum Gasteiger partial charge on any atom is 0.254 e. The van der Waals surface area contributed by atoms with E-state index in [2.05, 4.69) is 11.8 Å². The lowest BCUT2D eigenvalue weighted by Crippen LogP contribution is -2.59. The number of nitrogens with zero attached hydrogens (tertiary/aromatic N) is 2. The molecule has 102 valence electrons. The van der Waals surface area contributed by atoms with Gasteiger partial charge < -0.3 is 14.4 Å². The zero-order chi connectivity index (χ0) is 12.5. The number of ether oxygens (including phenoxy) is 2. The second-order valence-electron chi connectivity index (χ2n) is 5.56. The molecule has 0 radical (unpaired) electrons. The summed E-state index contributed by atoms with van der Waals surface area (Å²) in [5.41, 5.74) is 0. The zero-order valence-corrected chi connectivity index (χ0v) is 11.0. The molecular formula is C13H22N2O3. The van der Waals surface area contributed by atoms with Crippen molar-refractivity contribution in [2.24, 2.45) is 0 Å². The first kappa shape index (κ1) is 12.4. The average Bonchev–Trinajstić information content (AvgIpc) is 2.85. The lowest BCUT2D eigenvalue weighted by atomic mass is 10.1. The Morgan fingerprint density at radius 2 is 2.17 bits per heavy atom. The van der Waals surface area contributed by atoms with E-state index in [1.807, 2.05) is 4.90 Å². The van der Waals surface area contributed by atoms with E-state index in [-0.39, 0.29) is 18.1 Å². The van der Waals surface area contributed by atoms with Gasteiger partial charge in [-0.3, -0.25) is 9.69 Å². The lowest BCUT2D eigenvalue weighted by molar-refractivity contribution is -0.163. The van der Waals surface area contributed by atoms with Gasteiger partial charge in [0.15, 0.2) is 6.10 Å². The monoisotopic (exact) mass is 254 g/mol. The third-order valence-electron chi connectivity index (χ3n) is 4.31. The van der Waals surface area contributed by atoms with Gasteiger partial charge in [-0.25, -0.2) is 0 Å². The maximum atomic E-state index is 12.5. The van der Waals surface area contributed by atoms with Crippen LogP contribution in [0.25, 0.3) is 0 Å². The molecule has 3 fully saturated rings. The van der Waals surface area contributed by atoms with Gasteiger partial charge in [0.2, 0.25) is 0 Å². The molecule has 5 nitrogen and oxygen atoms in total. The molecule has 0 spiro atoms. The van der Waals surface area contributed by atoms with Crippen LogP contribution < -0.4 is 0 Å². The largest absolute Gasteiger partial charge is 0.376 e. The SMILES string of the molecule is C[C@@H]1CN2CCC[C@H]2CN1C(=O)[C@H]1COCCO1. The van der Waals surface area contributed by atoms with E-state index in [9.17, 15) is 4.79 Å². The summed E-state index contributed by atoms with van der Waals surface area (Å²) in [6.07, 6.45) is 2.11. The minimum absolute atomic E-state index is 0.119. The molecule has 5 heteroatoms. The van der Waals surface area contributed by atoms with Gasteiger partial charge in [-0.05, 0) is 26.3 Å². The summed E-state index contributed by atoms with van der Waals surface area (Å²) >= 11 is 0. The normalized spacial score (nSPS) is 37.6. The van der Waals surface area contributed by atoms with Crippen LogP contribution in [0, 0.1) is 0 Å². The number of fused-ring (bicyclic) bond motifs is 1. The first-order valence-electron chi connectivity index (χ1n) is 6.99. The predicted molar refractivity (Wildman–Crippen MR) is 66.3 cm³/mol. The Labute approximate surface area is 108 Å². The van der Waals surface area contributed by atoms with E-state index in [0.29, 0.717) is 25.9 Å². The van der Waals surface area contributed by atoms with Gasteiger partial charge in [-0.1, -0.05) is 0 Å². The molecule has 0 aromatic rings. The molecule has 18 heavy (non-hydrogen) atoms. The van der Waals surface area contributed by atoms with Crippen molar-refractivity contribution in [1.29, 1.82) is 0 Å². The molecule has 0 aromatic heterocycles. The molecule has 3 rings (SSSR count). The van der Waals surface area contributed by atoms with Gasteiger partial charge in [0.05, 0.1) is 19.8 Å². The van der Waals surface area contributed by atoms with Crippen molar-refractivity contribution in [3.63, 3.8) is 0 Å². The van der Waals surface area contributed by atoms with E-state index >= 15 is 0 Å².